The summed E-state index contributed by atoms with van der Waals surface area (Å²) in [6.07, 6.45) is 1.80. The molecule has 1 saturated heterocycles. The number of carbonyl (C=O) groups is 2. The van der Waals surface area contributed by atoms with Crippen molar-refractivity contribution in [2.75, 3.05) is 19.7 Å². The molecule has 0 aromatic heterocycles. The van der Waals surface area contributed by atoms with Gasteiger partial charge in [0.1, 0.15) is 6.61 Å². The van der Waals surface area contributed by atoms with Gasteiger partial charge in [0.2, 0.25) is 0 Å². The van der Waals surface area contributed by atoms with Crippen LogP contribution in [0, 0.1) is 0 Å². The Morgan fingerprint density at radius 3 is 2.88 bits per heavy atom. The second-order valence-corrected chi connectivity index (χ2v) is 3.68. The fourth-order valence-electron chi connectivity index (χ4n) is 1.61. The van der Waals surface area contributed by atoms with Crippen LogP contribution in [0.25, 0.3) is 0 Å². The van der Waals surface area contributed by atoms with Crippen molar-refractivity contribution in [1.29, 1.82) is 0 Å². The van der Waals surface area contributed by atoms with Crippen molar-refractivity contribution in [1.82, 2.24) is 10.6 Å². The molecule has 3 N–H and O–H groups in total. The summed E-state index contributed by atoms with van der Waals surface area (Å²) in [5, 5.41) is 14.5. The van der Waals surface area contributed by atoms with Gasteiger partial charge in [-0.15, -0.1) is 0 Å². The number of ether oxygens (including phenoxy) is 1. The summed E-state index contributed by atoms with van der Waals surface area (Å²) in [5.74, 6) is -1.05. The lowest BCUT2D eigenvalue weighted by molar-refractivity contribution is -0.145. The first kappa shape index (κ1) is 12.5. The fourth-order valence-corrected chi connectivity index (χ4v) is 1.61. The molecule has 1 fully saturated rings. The zero-order valence-corrected chi connectivity index (χ0v) is 8.99. The molecule has 0 bridgehead atoms. The van der Waals surface area contributed by atoms with Crippen LogP contribution >= 0.6 is 0 Å². The van der Waals surface area contributed by atoms with E-state index >= 15 is 0 Å². The van der Waals surface area contributed by atoms with Crippen LogP contribution in [-0.2, 0) is 9.53 Å². The number of piperidine rings is 1. The number of carbonyl (C=O) groups excluding carboxylic acids is 1. The Morgan fingerprint density at radius 2 is 2.38 bits per heavy atom. The molecule has 6 nitrogen and oxygen atoms in total. The molecule has 1 rings (SSSR count). The van der Waals surface area contributed by atoms with E-state index in [-0.39, 0.29) is 13.2 Å². The average Bonchev–Trinajstić information content (AvgIpc) is 2.27. The highest BCUT2D eigenvalue weighted by atomic mass is 16.5. The molecule has 0 aromatic rings. The molecule has 0 aliphatic carbocycles. The SMILES string of the molecule is C=CCOC(=O)NC1(C(=O)O)CCCNC1. The minimum atomic E-state index is -1.25. The van der Waals surface area contributed by atoms with Gasteiger partial charge in [-0.1, -0.05) is 12.7 Å². The van der Waals surface area contributed by atoms with Crippen molar-refractivity contribution in [3.63, 3.8) is 0 Å². The van der Waals surface area contributed by atoms with Gasteiger partial charge in [0.05, 0.1) is 0 Å². The number of aliphatic carboxylic acids is 1. The maximum Gasteiger partial charge on any atom is 0.408 e. The lowest BCUT2D eigenvalue weighted by Crippen LogP contribution is -2.62. The Kier molecular flexibility index (Phi) is 4.30. The van der Waals surface area contributed by atoms with Gasteiger partial charge in [0, 0.05) is 6.54 Å². The van der Waals surface area contributed by atoms with Gasteiger partial charge in [0.15, 0.2) is 5.54 Å². The molecule has 1 unspecified atom stereocenters. The normalized spacial score (nSPS) is 24.5. The van der Waals surface area contributed by atoms with E-state index in [1.54, 1.807) is 0 Å². The molecule has 1 aliphatic rings. The summed E-state index contributed by atoms with van der Waals surface area (Å²) in [4.78, 5) is 22.5. The van der Waals surface area contributed by atoms with E-state index < -0.39 is 17.6 Å². The van der Waals surface area contributed by atoms with Crippen LogP contribution in [0.5, 0.6) is 0 Å². The number of carboxylic acid groups (broad SMARTS) is 1. The number of rotatable bonds is 4. The van der Waals surface area contributed by atoms with Gasteiger partial charge >= 0.3 is 12.1 Å². The van der Waals surface area contributed by atoms with Crippen molar-refractivity contribution < 1.29 is 19.4 Å². The van der Waals surface area contributed by atoms with Gasteiger partial charge in [0.25, 0.3) is 0 Å². The van der Waals surface area contributed by atoms with Crippen LogP contribution in [0.4, 0.5) is 4.79 Å². The summed E-state index contributed by atoms with van der Waals surface area (Å²) < 4.78 is 4.71. The zero-order chi connectivity index (χ0) is 12.0. The number of hydrogen-bond acceptors (Lipinski definition) is 4. The van der Waals surface area contributed by atoms with Crippen LogP contribution in [-0.4, -0.2) is 42.4 Å². The Hall–Kier alpha value is -1.56. The predicted octanol–water partition coefficient (Wildman–Crippen LogP) is 0.105. The van der Waals surface area contributed by atoms with Crippen LogP contribution in [0.2, 0.25) is 0 Å². The minimum Gasteiger partial charge on any atom is -0.479 e. The minimum absolute atomic E-state index is 0.0644. The van der Waals surface area contributed by atoms with Gasteiger partial charge in [-0.25, -0.2) is 9.59 Å². The number of carboxylic acids is 1. The summed E-state index contributed by atoms with van der Waals surface area (Å²) in [6.45, 7) is 4.44. The van der Waals surface area contributed by atoms with Gasteiger partial charge in [-0.2, -0.15) is 0 Å². The standard InChI is InChI=1S/C10H16N2O4/c1-2-6-16-9(15)12-10(8(13)14)4-3-5-11-7-10/h2,11H,1,3-7H2,(H,12,15)(H,13,14). The Balaban J connectivity index is 2.60. The van der Waals surface area contributed by atoms with E-state index in [0.29, 0.717) is 12.8 Å². The number of alkyl carbamates (subject to hydrolysis) is 1. The quantitative estimate of drug-likeness (QED) is 0.594. The summed E-state index contributed by atoms with van der Waals surface area (Å²) >= 11 is 0. The monoisotopic (exact) mass is 228 g/mol. The van der Waals surface area contributed by atoms with Gasteiger partial charge < -0.3 is 20.5 Å². The van der Waals surface area contributed by atoms with Crippen molar-refractivity contribution >= 4 is 12.1 Å². The van der Waals surface area contributed by atoms with Crippen molar-refractivity contribution in [3.8, 4) is 0 Å². The molecule has 1 amide bonds. The highest BCUT2D eigenvalue weighted by Crippen LogP contribution is 2.16. The van der Waals surface area contributed by atoms with Crippen LogP contribution in [0.15, 0.2) is 12.7 Å². The van der Waals surface area contributed by atoms with Crippen LogP contribution in [0.1, 0.15) is 12.8 Å². The smallest absolute Gasteiger partial charge is 0.408 e. The molecule has 0 radical (unpaired) electrons. The maximum absolute atomic E-state index is 11.3. The third-order valence-corrected chi connectivity index (χ3v) is 2.47. The van der Waals surface area contributed by atoms with Crippen molar-refractivity contribution in [2.24, 2.45) is 0 Å². The maximum atomic E-state index is 11.3. The van der Waals surface area contributed by atoms with Crippen molar-refractivity contribution in [3.05, 3.63) is 12.7 Å². The lowest BCUT2D eigenvalue weighted by Gasteiger charge is -2.33. The zero-order valence-electron chi connectivity index (χ0n) is 8.99. The van der Waals surface area contributed by atoms with Crippen molar-refractivity contribution in [2.45, 2.75) is 18.4 Å². The Bertz CT molecular complexity index is 285. The number of hydrogen-bond donors (Lipinski definition) is 3. The molecular weight excluding hydrogens is 212 g/mol. The second-order valence-electron chi connectivity index (χ2n) is 3.68. The summed E-state index contributed by atoms with van der Waals surface area (Å²) in [7, 11) is 0. The van der Waals surface area contributed by atoms with E-state index in [1.807, 2.05) is 0 Å². The number of amides is 1. The number of nitrogens with one attached hydrogen (secondary N) is 2. The second kappa shape index (κ2) is 5.50. The van der Waals surface area contributed by atoms with E-state index in [9.17, 15) is 9.59 Å². The molecule has 6 heteroatoms. The first-order valence-electron chi connectivity index (χ1n) is 5.11. The van der Waals surface area contributed by atoms with E-state index in [0.717, 1.165) is 6.54 Å². The Labute approximate surface area is 93.7 Å². The molecular formula is C10H16N2O4. The lowest BCUT2D eigenvalue weighted by atomic mass is 9.90. The highest BCUT2D eigenvalue weighted by Gasteiger charge is 2.41. The predicted molar refractivity (Wildman–Crippen MR) is 57.2 cm³/mol. The van der Waals surface area contributed by atoms with Gasteiger partial charge in [-0.05, 0) is 19.4 Å². The molecule has 1 atom stereocenters. The molecule has 0 spiro atoms. The third-order valence-electron chi connectivity index (χ3n) is 2.47. The molecule has 90 valence electrons. The Morgan fingerprint density at radius 1 is 1.62 bits per heavy atom. The highest BCUT2D eigenvalue weighted by molar-refractivity contribution is 5.84. The molecule has 1 heterocycles. The largest absolute Gasteiger partial charge is 0.479 e. The molecule has 0 aromatic carbocycles. The summed E-state index contributed by atoms with van der Waals surface area (Å²) in [6, 6.07) is 0. The molecule has 1 aliphatic heterocycles. The fraction of sp³-hybridized carbons (Fsp3) is 0.600. The van der Waals surface area contributed by atoms with E-state index in [4.69, 9.17) is 9.84 Å². The van der Waals surface area contributed by atoms with Crippen LogP contribution in [0.3, 0.4) is 0 Å². The summed E-state index contributed by atoms with van der Waals surface area (Å²) in [5.41, 5.74) is -1.25. The van der Waals surface area contributed by atoms with E-state index in [1.165, 1.54) is 6.08 Å². The average molecular weight is 228 g/mol. The topological polar surface area (TPSA) is 87.7 Å². The van der Waals surface area contributed by atoms with Gasteiger partial charge in [-0.3, -0.25) is 0 Å². The van der Waals surface area contributed by atoms with Crippen LogP contribution < -0.4 is 10.6 Å². The third kappa shape index (κ3) is 2.96. The molecule has 16 heavy (non-hydrogen) atoms. The van der Waals surface area contributed by atoms with E-state index in [2.05, 4.69) is 17.2 Å². The molecule has 0 saturated carbocycles. The first-order valence-corrected chi connectivity index (χ1v) is 5.11. The first-order chi connectivity index (χ1) is 7.60.